The number of fused-ring (bicyclic) bond motifs is 1. The number of hydrogen-bond acceptors (Lipinski definition) is 3. The number of aromatic nitrogens is 3. The molecule has 0 saturated carbocycles. The molecule has 1 aromatic carbocycles. The maximum atomic E-state index is 13.8. The summed E-state index contributed by atoms with van der Waals surface area (Å²) in [6, 6.07) is 4.01. The fraction of sp³-hybridized carbons (Fsp3) is 0.500. The molecule has 0 radical (unpaired) electrons. The largest absolute Gasteiger partial charge is 0.333 e. The van der Waals surface area contributed by atoms with Gasteiger partial charge in [0.1, 0.15) is 5.82 Å². The minimum atomic E-state index is -0.953. The van der Waals surface area contributed by atoms with Crippen molar-refractivity contribution in [2.75, 3.05) is 6.54 Å². The van der Waals surface area contributed by atoms with Crippen LogP contribution in [-0.4, -0.2) is 32.1 Å². The number of carbonyl (C=O) groups excluding carboxylic acids is 1. The van der Waals surface area contributed by atoms with Gasteiger partial charge in [-0.15, -0.1) is 10.2 Å². The number of halogens is 2. The number of amides is 1. The van der Waals surface area contributed by atoms with Gasteiger partial charge in [0.2, 0.25) is 5.91 Å². The van der Waals surface area contributed by atoms with Gasteiger partial charge in [-0.1, -0.05) is 26.0 Å². The van der Waals surface area contributed by atoms with Crippen LogP contribution in [0.15, 0.2) is 18.2 Å². The van der Waals surface area contributed by atoms with Gasteiger partial charge >= 0.3 is 0 Å². The average molecular weight is 348 g/mol. The summed E-state index contributed by atoms with van der Waals surface area (Å²) in [4.78, 5) is 14.3. The molecule has 0 aliphatic carbocycles. The molecule has 25 heavy (non-hydrogen) atoms. The molecular weight excluding hydrogens is 326 g/mol. The molecule has 0 unspecified atom stereocenters. The first-order valence-corrected chi connectivity index (χ1v) is 8.47. The molecule has 0 bridgehead atoms. The Morgan fingerprint density at radius 2 is 2.08 bits per heavy atom. The van der Waals surface area contributed by atoms with Gasteiger partial charge in [-0.3, -0.25) is 4.79 Å². The highest BCUT2D eigenvalue weighted by molar-refractivity contribution is 5.79. The monoisotopic (exact) mass is 348 g/mol. The van der Waals surface area contributed by atoms with E-state index in [-0.39, 0.29) is 23.9 Å². The van der Waals surface area contributed by atoms with E-state index in [4.69, 9.17) is 0 Å². The molecule has 3 rings (SSSR count). The van der Waals surface area contributed by atoms with Crippen molar-refractivity contribution in [2.24, 2.45) is 5.92 Å². The van der Waals surface area contributed by atoms with Crippen LogP contribution < -0.4 is 0 Å². The van der Waals surface area contributed by atoms with Gasteiger partial charge in [-0.05, 0) is 25.3 Å². The number of carbonyl (C=O) groups is 1. The third-order valence-corrected chi connectivity index (χ3v) is 4.53. The third kappa shape index (κ3) is 3.55. The molecule has 134 valence electrons. The predicted octanol–water partition coefficient (Wildman–Crippen LogP) is 3.04. The van der Waals surface area contributed by atoms with Gasteiger partial charge in [-0.25, -0.2) is 8.78 Å². The van der Waals surface area contributed by atoms with E-state index in [1.165, 1.54) is 12.1 Å². The fourth-order valence-corrected chi connectivity index (χ4v) is 3.44. The molecule has 1 aliphatic heterocycles. The van der Waals surface area contributed by atoms with E-state index in [1.54, 1.807) is 4.90 Å². The van der Waals surface area contributed by atoms with Crippen molar-refractivity contribution < 1.29 is 13.6 Å². The van der Waals surface area contributed by atoms with E-state index < -0.39 is 11.6 Å². The van der Waals surface area contributed by atoms with Crippen LogP contribution in [0.5, 0.6) is 0 Å². The van der Waals surface area contributed by atoms with Crippen molar-refractivity contribution >= 4 is 5.91 Å². The summed E-state index contributed by atoms with van der Waals surface area (Å²) in [6.45, 7) is 7.03. The second kappa shape index (κ2) is 6.90. The van der Waals surface area contributed by atoms with Gasteiger partial charge in [-0.2, -0.15) is 0 Å². The van der Waals surface area contributed by atoms with E-state index in [9.17, 15) is 13.6 Å². The lowest BCUT2D eigenvalue weighted by atomic mass is 10.0. The maximum Gasteiger partial charge on any atom is 0.227 e. The van der Waals surface area contributed by atoms with E-state index in [2.05, 4.69) is 28.6 Å². The molecule has 7 heteroatoms. The van der Waals surface area contributed by atoms with Crippen LogP contribution in [-0.2, 0) is 17.8 Å². The summed E-state index contributed by atoms with van der Waals surface area (Å²) in [5.74, 6) is -0.0884. The van der Waals surface area contributed by atoms with E-state index in [0.29, 0.717) is 19.0 Å². The Labute approximate surface area is 145 Å². The highest BCUT2D eigenvalue weighted by Gasteiger charge is 2.31. The Bertz CT molecular complexity index is 787. The summed E-state index contributed by atoms with van der Waals surface area (Å²) in [6.07, 6.45) is 0.731. The normalized spacial score (nSPS) is 17.0. The molecule has 0 spiro atoms. The minimum absolute atomic E-state index is 0.0774. The Kier molecular flexibility index (Phi) is 4.83. The molecule has 5 nitrogen and oxygen atoms in total. The van der Waals surface area contributed by atoms with Gasteiger partial charge in [0.25, 0.3) is 0 Å². The van der Waals surface area contributed by atoms with Crippen molar-refractivity contribution in [3.63, 3.8) is 0 Å². The van der Waals surface area contributed by atoms with E-state index in [0.717, 1.165) is 24.1 Å². The summed E-state index contributed by atoms with van der Waals surface area (Å²) < 4.78 is 29.3. The average Bonchev–Trinajstić information content (AvgIpc) is 2.92. The highest BCUT2D eigenvalue weighted by atomic mass is 19.2. The Hall–Kier alpha value is -2.31. The van der Waals surface area contributed by atoms with Crippen LogP contribution in [0.4, 0.5) is 8.78 Å². The summed E-state index contributed by atoms with van der Waals surface area (Å²) >= 11 is 0. The van der Waals surface area contributed by atoms with Crippen molar-refractivity contribution in [2.45, 2.75) is 46.2 Å². The summed E-state index contributed by atoms with van der Waals surface area (Å²) in [5.41, 5.74) is 0.0774. The van der Waals surface area contributed by atoms with Crippen LogP contribution >= 0.6 is 0 Å². The second-order valence-electron chi connectivity index (χ2n) is 6.98. The number of rotatable bonds is 4. The lowest BCUT2D eigenvalue weighted by molar-refractivity contribution is -0.132. The van der Waals surface area contributed by atoms with Gasteiger partial charge in [0.05, 0.1) is 19.0 Å². The zero-order valence-corrected chi connectivity index (χ0v) is 14.7. The molecule has 1 atom stereocenters. The Balaban J connectivity index is 1.81. The lowest BCUT2D eigenvalue weighted by Gasteiger charge is -2.35. The van der Waals surface area contributed by atoms with E-state index in [1.807, 2.05) is 6.92 Å². The summed E-state index contributed by atoms with van der Waals surface area (Å²) in [5, 5.41) is 8.29. The highest BCUT2D eigenvalue weighted by Crippen LogP contribution is 2.27. The van der Waals surface area contributed by atoms with Crippen molar-refractivity contribution in [1.29, 1.82) is 0 Å². The number of benzene rings is 1. The van der Waals surface area contributed by atoms with Crippen LogP contribution in [0, 0.1) is 24.5 Å². The molecule has 1 aromatic heterocycles. The predicted molar refractivity (Wildman–Crippen MR) is 88.7 cm³/mol. The first-order valence-electron chi connectivity index (χ1n) is 8.47. The number of hydrogen-bond donors (Lipinski definition) is 0. The quantitative estimate of drug-likeness (QED) is 0.853. The third-order valence-electron chi connectivity index (χ3n) is 4.53. The minimum Gasteiger partial charge on any atom is -0.333 e. The zero-order chi connectivity index (χ0) is 18.1. The molecule has 0 N–H and O–H groups in total. The SMILES string of the molecule is Cc1nnc2n1[C@@H](CC(C)C)CN(C(=O)Cc1cccc(F)c1F)C2. The van der Waals surface area contributed by atoms with E-state index >= 15 is 0 Å². The lowest BCUT2D eigenvalue weighted by Crippen LogP contribution is -2.42. The maximum absolute atomic E-state index is 13.8. The second-order valence-corrected chi connectivity index (χ2v) is 6.98. The number of aryl methyl sites for hydroxylation is 1. The Morgan fingerprint density at radius 3 is 2.80 bits per heavy atom. The van der Waals surface area contributed by atoms with Crippen LogP contribution in [0.1, 0.15) is 43.5 Å². The standard InChI is InChI=1S/C18H22F2N4O/c1-11(2)7-14-9-23(10-16-22-21-12(3)24(14)16)17(25)8-13-5-4-6-15(19)18(13)20/h4-6,11,14H,7-10H2,1-3H3/t14-/m0/s1. The zero-order valence-electron chi connectivity index (χ0n) is 14.7. The number of nitrogens with zero attached hydrogens (tertiary/aromatic N) is 4. The van der Waals surface area contributed by atoms with Crippen molar-refractivity contribution in [1.82, 2.24) is 19.7 Å². The van der Waals surface area contributed by atoms with Crippen LogP contribution in [0.3, 0.4) is 0 Å². The molecule has 0 fully saturated rings. The van der Waals surface area contributed by atoms with Crippen molar-refractivity contribution in [3.8, 4) is 0 Å². The first-order chi connectivity index (χ1) is 11.9. The molecule has 1 aliphatic rings. The van der Waals surface area contributed by atoms with Crippen molar-refractivity contribution in [3.05, 3.63) is 47.0 Å². The molecule has 2 heterocycles. The summed E-state index contributed by atoms with van der Waals surface area (Å²) in [7, 11) is 0. The molecule has 2 aromatic rings. The molecule has 0 saturated heterocycles. The van der Waals surface area contributed by atoms with Gasteiger partial charge in [0.15, 0.2) is 17.5 Å². The van der Waals surface area contributed by atoms with Crippen LogP contribution in [0.2, 0.25) is 0 Å². The smallest absolute Gasteiger partial charge is 0.227 e. The Morgan fingerprint density at radius 1 is 1.32 bits per heavy atom. The topological polar surface area (TPSA) is 51.0 Å². The fourth-order valence-electron chi connectivity index (χ4n) is 3.44. The van der Waals surface area contributed by atoms with Gasteiger partial charge < -0.3 is 9.47 Å². The molecule has 1 amide bonds. The molecular formula is C18H22F2N4O. The first kappa shape index (κ1) is 17.5. The van der Waals surface area contributed by atoms with Gasteiger partial charge in [0, 0.05) is 12.1 Å². The van der Waals surface area contributed by atoms with Crippen LogP contribution in [0.25, 0.3) is 0 Å².